The van der Waals surface area contributed by atoms with Crippen LogP contribution < -0.4 is 0 Å². The van der Waals surface area contributed by atoms with Gasteiger partial charge in [-0.2, -0.15) is 5.26 Å². The molecule has 108 valence electrons. The van der Waals surface area contributed by atoms with Crippen molar-refractivity contribution in [3.8, 4) is 11.8 Å². The second-order valence-electron chi connectivity index (χ2n) is 5.37. The molecule has 0 atom stereocenters. The highest BCUT2D eigenvalue weighted by Crippen LogP contribution is 2.33. The van der Waals surface area contributed by atoms with Gasteiger partial charge in [0.1, 0.15) is 5.75 Å². The lowest BCUT2D eigenvalue weighted by molar-refractivity contribution is 0.443. The highest BCUT2D eigenvalue weighted by molar-refractivity contribution is 5.39. The summed E-state index contributed by atoms with van der Waals surface area (Å²) in [4.78, 5) is 0. The molecule has 1 N–H and O–H groups in total. The molecule has 2 nitrogen and oxygen atoms in total. The van der Waals surface area contributed by atoms with Crippen LogP contribution in [0.5, 0.6) is 5.75 Å². The lowest BCUT2D eigenvalue weighted by Crippen LogP contribution is -2.06. The van der Waals surface area contributed by atoms with Gasteiger partial charge in [0.05, 0.1) is 11.6 Å². The summed E-state index contributed by atoms with van der Waals surface area (Å²) >= 11 is 0. The number of phenols is 1. The van der Waals surface area contributed by atoms with E-state index >= 15 is 0 Å². The van der Waals surface area contributed by atoms with Crippen LogP contribution in [0, 0.1) is 11.3 Å². The second-order valence-corrected chi connectivity index (χ2v) is 5.37. The predicted octanol–water partition coefficient (Wildman–Crippen LogP) is 5.00. The Morgan fingerprint density at radius 3 is 2.05 bits per heavy atom. The predicted molar refractivity (Wildman–Crippen MR) is 85.1 cm³/mol. The van der Waals surface area contributed by atoms with Crippen LogP contribution in [0.15, 0.2) is 54.6 Å². The Kier molecular flexibility index (Phi) is 5.84. The molecule has 0 heterocycles. The van der Waals surface area contributed by atoms with E-state index in [2.05, 4.69) is 12.1 Å². The van der Waals surface area contributed by atoms with Gasteiger partial charge in [-0.3, -0.25) is 0 Å². The number of hydrogen-bond acceptors (Lipinski definition) is 2. The smallest absolute Gasteiger partial charge is 0.115 e. The third-order valence-corrected chi connectivity index (χ3v) is 3.88. The van der Waals surface area contributed by atoms with Crippen molar-refractivity contribution >= 4 is 0 Å². The Hall–Kier alpha value is -2.27. The van der Waals surface area contributed by atoms with E-state index in [0.29, 0.717) is 11.7 Å². The SMILES string of the molecule is N#Cc1ccccc1C1CCCCC1.Oc1ccccc1. The molecule has 0 amide bonds. The van der Waals surface area contributed by atoms with E-state index in [1.807, 2.05) is 24.3 Å². The number of phenolic OH excluding ortho intramolecular Hbond substituents is 1. The summed E-state index contributed by atoms with van der Waals surface area (Å²) in [6, 6.07) is 19.1. The van der Waals surface area contributed by atoms with Gasteiger partial charge in [-0.25, -0.2) is 0 Å². The fraction of sp³-hybridized carbons (Fsp3) is 0.316. The standard InChI is InChI=1S/C13H15N.C6H6O/c14-10-12-8-4-5-9-13(12)11-6-2-1-3-7-11;7-6-4-2-1-3-5-6/h4-5,8-9,11H,1-3,6-7H2;1-5,7H. The minimum Gasteiger partial charge on any atom is -0.508 e. The number of benzene rings is 2. The van der Waals surface area contributed by atoms with Crippen LogP contribution >= 0.6 is 0 Å². The summed E-state index contributed by atoms with van der Waals surface area (Å²) < 4.78 is 0. The van der Waals surface area contributed by atoms with Crippen molar-refractivity contribution in [2.24, 2.45) is 0 Å². The maximum Gasteiger partial charge on any atom is 0.115 e. The Balaban J connectivity index is 0.000000194. The molecule has 0 bridgehead atoms. The van der Waals surface area contributed by atoms with Crippen molar-refractivity contribution in [2.45, 2.75) is 38.0 Å². The van der Waals surface area contributed by atoms with E-state index in [4.69, 9.17) is 10.4 Å². The van der Waals surface area contributed by atoms with Crippen molar-refractivity contribution in [3.63, 3.8) is 0 Å². The first-order chi connectivity index (χ1) is 10.3. The van der Waals surface area contributed by atoms with Gasteiger partial charge in [-0.1, -0.05) is 55.7 Å². The van der Waals surface area contributed by atoms with Crippen molar-refractivity contribution < 1.29 is 5.11 Å². The molecule has 1 saturated carbocycles. The monoisotopic (exact) mass is 279 g/mol. The minimum absolute atomic E-state index is 0.322. The molecule has 0 spiro atoms. The summed E-state index contributed by atoms with van der Waals surface area (Å²) in [5.41, 5.74) is 2.15. The van der Waals surface area contributed by atoms with Crippen molar-refractivity contribution in [3.05, 3.63) is 65.7 Å². The van der Waals surface area contributed by atoms with E-state index in [-0.39, 0.29) is 0 Å². The van der Waals surface area contributed by atoms with Crippen LogP contribution in [0.4, 0.5) is 0 Å². The molecule has 0 unspecified atom stereocenters. The third kappa shape index (κ3) is 4.65. The molecule has 0 aliphatic heterocycles. The van der Waals surface area contributed by atoms with E-state index in [1.54, 1.807) is 24.3 Å². The summed E-state index contributed by atoms with van der Waals surface area (Å²) in [6.07, 6.45) is 6.54. The molecule has 1 aliphatic carbocycles. The van der Waals surface area contributed by atoms with Crippen LogP contribution in [0.2, 0.25) is 0 Å². The van der Waals surface area contributed by atoms with Gasteiger partial charge >= 0.3 is 0 Å². The van der Waals surface area contributed by atoms with Crippen LogP contribution in [0.1, 0.15) is 49.1 Å². The zero-order valence-corrected chi connectivity index (χ0v) is 12.2. The largest absolute Gasteiger partial charge is 0.508 e. The van der Waals surface area contributed by atoms with E-state index in [1.165, 1.54) is 37.7 Å². The molecule has 0 aromatic heterocycles. The summed E-state index contributed by atoms with van der Waals surface area (Å²) in [7, 11) is 0. The average molecular weight is 279 g/mol. The number of aromatic hydroxyl groups is 1. The first kappa shape index (κ1) is 15.1. The highest BCUT2D eigenvalue weighted by atomic mass is 16.3. The Bertz CT molecular complexity index is 580. The number of rotatable bonds is 1. The lowest BCUT2D eigenvalue weighted by Gasteiger charge is -2.22. The van der Waals surface area contributed by atoms with E-state index in [9.17, 15) is 0 Å². The van der Waals surface area contributed by atoms with Crippen LogP contribution in [0.3, 0.4) is 0 Å². The van der Waals surface area contributed by atoms with Crippen LogP contribution in [-0.2, 0) is 0 Å². The van der Waals surface area contributed by atoms with Crippen molar-refractivity contribution in [1.82, 2.24) is 0 Å². The number of nitriles is 1. The molecule has 3 rings (SSSR count). The van der Waals surface area contributed by atoms with E-state index in [0.717, 1.165) is 5.56 Å². The topological polar surface area (TPSA) is 44.0 Å². The molecule has 0 radical (unpaired) electrons. The molecule has 2 aromatic carbocycles. The second kappa shape index (κ2) is 8.11. The first-order valence-corrected chi connectivity index (χ1v) is 7.54. The first-order valence-electron chi connectivity index (χ1n) is 7.54. The van der Waals surface area contributed by atoms with Gasteiger partial charge in [0.2, 0.25) is 0 Å². The Morgan fingerprint density at radius 2 is 1.48 bits per heavy atom. The van der Waals surface area contributed by atoms with Gasteiger partial charge in [-0.05, 0) is 42.5 Å². The average Bonchev–Trinajstić information content (AvgIpc) is 2.57. The van der Waals surface area contributed by atoms with Crippen LogP contribution in [-0.4, -0.2) is 5.11 Å². The molecule has 21 heavy (non-hydrogen) atoms. The molecule has 1 aliphatic rings. The number of para-hydroxylation sites is 1. The highest BCUT2D eigenvalue weighted by Gasteiger charge is 2.17. The van der Waals surface area contributed by atoms with Gasteiger partial charge < -0.3 is 5.11 Å². The fourth-order valence-corrected chi connectivity index (χ4v) is 2.80. The summed E-state index contributed by atoms with van der Waals surface area (Å²) in [5.74, 6) is 0.960. The maximum atomic E-state index is 9.00. The van der Waals surface area contributed by atoms with Gasteiger partial charge in [0.15, 0.2) is 0 Å². The zero-order valence-electron chi connectivity index (χ0n) is 12.2. The van der Waals surface area contributed by atoms with Crippen LogP contribution in [0.25, 0.3) is 0 Å². The quantitative estimate of drug-likeness (QED) is 0.798. The maximum absolute atomic E-state index is 9.00. The lowest BCUT2D eigenvalue weighted by atomic mass is 9.82. The summed E-state index contributed by atoms with van der Waals surface area (Å²) in [6.45, 7) is 0. The third-order valence-electron chi connectivity index (χ3n) is 3.88. The van der Waals surface area contributed by atoms with Crippen molar-refractivity contribution in [1.29, 1.82) is 5.26 Å². The molecule has 1 fully saturated rings. The fourth-order valence-electron chi connectivity index (χ4n) is 2.80. The molecular formula is C19H21NO. The number of nitrogens with zero attached hydrogens (tertiary/aromatic N) is 1. The van der Waals surface area contributed by atoms with Crippen molar-refractivity contribution in [2.75, 3.05) is 0 Å². The van der Waals surface area contributed by atoms with Gasteiger partial charge in [-0.15, -0.1) is 0 Å². The van der Waals surface area contributed by atoms with Gasteiger partial charge in [0.25, 0.3) is 0 Å². The molecule has 0 saturated heterocycles. The Labute approximate surface area is 126 Å². The molecular weight excluding hydrogens is 258 g/mol. The van der Waals surface area contributed by atoms with E-state index < -0.39 is 0 Å². The zero-order chi connectivity index (χ0) is 14.9. The minimum atomic E-state index is 0.322. The summed E-state index contributed by atoms with van der Waals surface area (Å²) in [5, 5.41) is 17.6. The number of hydrogen-bond donors (Lipinski definition) is 1. The Morgan fingerprint density at radius 1 is 0.857 bits per heavy atom. The molecule has 2 aromatic rings. The normalized spacial score (nSPS) is 14.6. The van der Waals surface area contributed by atoms with Gasteiger partial charge in [0, 0.05) is 0 Å². The molecule has 2 heteroatoms.